The molecule has 0 spiro atoms. The Labute approximate surface area is 279 Å². The molecular weight excluding hydrogens is 643 g/mol. The van der Waals surface area contributed by atoms with E-state index < -0.39 is 0 Å². The van der Waals surface area contributed by atoms with Crippen molar-refractivity contribution >= 4 is 46.0 Å². The van der Waals surface area contributed by atoms with E-state index in [-0.39, 0.29) is 45.8 Å². The van der Waals surface area contributed by atoms with E-state index in [9.17, 15) is 15.4 Å². The van der Waals surface area contributed by atoms with Gasteiger partial charge in [0.2, 0.25) is 0 Å². The molecule has 0 fully saturated rings. The maximum atomic E-state index is 10.6. The molecule has 0 radical (unpaired) electrons. The maximum absolute atomic E-state index is 10.6. The summed E-state index contributed by atoms with van der Waals surface area (Å²) in [6, 6.07) is 19.6. The lowest BCUT2D eigenvalue weighted by Crippen LogP contribution is -1.96. The molecule has 4 aromatic carbocycles. The number of benzene rings is 4. The summed E-state index contributed by atoms with van der Waals surface area (Å²) in [5, 5.41) is 53.4. The van der Waals surface area contributed by atoms with E-state index in [2.05, 4.69) is 49.2 Å². The number of nitrogens with zero attached hydrogens (tertiary/aromatic N) is 6. The minimum absolute atomic E-state index is 0.126. The zero-order valence-corrected chi connectivity index (χ0v) is 26.5. The molecule has 11 nitrogen and oxygen atoms in total. The molecule has 0 unspecified atom stereocenters. The fourth-order valence-corrected chi connectivity index (χ4v) is 4.29. The van der Waals surface area contributed by atoms with Crippen molar-refractivity contribution in [3.63, 3.8) is 0 Å². The summed E-state index contributed by atoms with van der Waals surface area (Å²) in [5.74, 6) is 11.6. The fourth-order valence-electron chi connectivity index (χ4n) is 4.04. The van der Waals surface area contributed by atoms with Crippen LogP contribution in [0.5, 0.6) is 23.0 Å². The number of ether oxygens (including phenoxy) is 2. The number of aromatic nitrogens is 2. The van der Waals surface area contributed by atoms with Crippen molar-refractivity contribution in [1.82, 2.24) is 9.94 Å². The Morgan fingerprint density at radius 2 is 1.11 bits per heavy atom. The molecule has 0 saturated heterocycles. The predicted octanol–water partition coefficient (Wildman–Crippen LogP) is 8.79. The number of hydrogen-bond donors (Lipinski definition) is 3. The van der Waals surface area contributed by atoms with Gasteiger partial charge in [0.1, 0.15) is 17.1 Å². The number of methoxy groups -OCH3 is 2. The maximum Gasteiger partial charge on any atom is 0.185 e. The average Bonchev–Trinajstić information content (AvgIpc) is 3.35. The number of halogens is 2. The van der Waals surface area contributed by atoms with Crippen molar-refractivity contribution in [3.05, 3.63) is 111 Å². The van der Waals surface area contributed by atoms with Gasteiger partial charge in [0.05, 0.1) is 25.6 Å². The van der Waals surface area contributed by atoms with Gasteiger partial charge in [-0.05, 0) is 91.6 Å². The number of rotatable bonds is 6. The molecule has 0 bridgehead atoms. The van der Waals surface area contributed by atoms with Gasteiger partial charge in [0.25, 0.3) is 0 Å². The van der Waals surface area contributed by atoms with Crippen LogP contribution in [-0.4, -0.2) is 39.6 Å². The highest BCUT2D eigenvalue weighted by Crippen LogP contribution is 2.39. The molecule has 0 amide bonds. The van der Waals surface area contributed by atoms with Crippen molar-refractivity contribution in [2.45, 2.75) is 6.92 Å². The van der Waals surface area contributed by atoms with Crippen LogP contribution in [0.2, 0.25) is 10.0 Å². The highest BCUT2D eigenvalue weighted by molar-refractivity contribution is 6.30. The summed E-state index contributed by atoms with van der Waals surface area (Å²) in [7, 11) is 2.81. The summed E-state index contributed by atoms with van der Waals surface area (Å²) in [6.07, 6.45) is 0. The topological polar surface area (TPSA) is 146 Å². The molecule has 5 aromatic rings. The van der Waals surface area contributed by atoms with Gasteiger partial charge in [-0.3, -0.25) is 0 Å². The molecule has 0 aliphatic carbocycles. The summed E-state index contributed by atoms with van der Waals surface area (Å²) in [6.45, 7) is 1.71. The Bertz CT molecular complexity index is 2140. The number of azo groups is 2. The van der Waals surface area contributed by atoms with Gasteiger partial charge < -0.3 is 24.9 Å². The van der Waals surface area contributed by atoms with E-state index in [1.165, 1.54) is 38.5 Å². The second-order valence-corrected chi connectivity index (χ2v) is 10.5. The Morgan fingerprint density at radius 3 is 1.55 bits per heavy atom. The molecule has 234 valence electrons. The van der Waals surface area contributed by atoms with Gasteiger partial charge in [-0.25, -0.2) is 0 Å². The van der Waals surface area contributed by atoms with Gasteiger partial charge in [-0.2, -0.15) is 10.2 Å². The minimum atomic E-state index is -0.211. The molecule has 0 aliphatic rings. The summed E-state index contributed by atoms with van der Waals surface area (Å²) in [5.41, 5.74) is 3.15. The lowest BCUT2D eigenvalue weighted by atomic mass is 10.1. The number of hydrogen-bond acceptors (Lipinski definition) is 10. The Hall–Kier alpha value is -6.01. The Kier molecular flexibility index (Phi) is 9.92. The van der Waals surface area contributed by atoms with E-state index in [0.717, 1.165) is 0 Å². The molecule has 13 heteroatoms. The van der Waals surface area contributed by atoms with E-state index in [1.54, 1.807) is 55.5 Å². The van der Waals surface area contributed by atoms with E-state index in [1.807, 2.05) is 0 Å². The first kappa shape index (κ1) is 32.4. The molecule has 1 heterocycles. The van der Waals surface area contributed by atoms with E-state index >= 15 is 0 Å². The molecule has 5 rings (SSSR count). The first-order chi connectivity index (χ1) is 22.6. The van der Waals surface area contributed by atoms with Crippen molar-refractivity contribution < 1.29 is 24.9 Å². The molecule has 0 aliphatic heterocycles. The minimum Gasteiger partial charge on any atom is -0.503 e. The zero-order valence-electron chi connectivity index (χ0n) is 25.0. The van der Waals surface area contributed by atoms with Gasteiger partial charge in [0, 0.05) is 26.7 Å². The average molecular weight is 668 g/mol. The number of phenolic OH excluding ortho intramolecular Hbond substituents is 2. The third-order valence-corrected chi connectivity index (χ3v) is 7.01. The van der Waals surface area contributed by atoms with Crippen LogP contribution in [-0.2, 0) is 0 Å². The second-order valence-electron chi connectivity index (χ2n) is 9.66. The number of phenols is 2. The van der Waals surface area contributed by atoms with Crippen LogP contribution < -0.4 is 9.47 Å². The normalized spacial score (nSPS) is 10.8. The molecule has 1 aromatic heterocycles. The van der Waals surface area contributed by atoms with Crippen molar-refractivity contribution in [3.8, 4) is 46.7 Å². The third-order valence-electron chi connectivity index (χ3n) is 6.50. The highest BCUT2D eigenvalue weighted by atomic mass is 35.5. The standard InChI is InChI=1S/C34H24Cl2N6O5/c1-20-27(14-4-21-16-28(33(43)31(18-21)46-2)39-37-25-10-6-23(35)7-11-25)41-42(45)30(20)15-5-22-17-29(34(44)32(19-22)47-3)40-38-26-12-8-24(36)9-13-26/h6-13,16-19,43-45H,1-3H3. The monoisotopic (exact) mass is 666 g/mol. The summed E-state index contributed by atoms with van der Waals surface area (Å²) in [4.78, 5) is 0.633. The molecular formula is C34H24Cl2N6O5. The van der Waals surface area contributed by atoms with Gasteiger partial charge >= 0.3 is 0 Å². The molecule has 0 saturated carbocycles. The predicted molar refractivity (Wildman–Crippen MR) is 177 cm³/mol. The Morgan fingerprint density at radius 1 is 0.660 bits per heavy atom. The summed E-state index contributed by atoms with van der Waals surface area (Å²) < 4.78 is 10.6. The van der Waals surface area contributed by atoms with Crippen molar-refractivity contribution in [2.24, 2.45) is 20.5 Å². The lowest BCUT2D eigenvalue weighted by Gasteiger charge is -2.06. The van der Waals surface area contributed by atoms with E-state index in [0.29, 0.717) is 43.0 Å². The van der Waals surface area contributed by atoms with Crippen LogP contribution in [0, 0.1) is 30.6 Å². The zero-order chi connectivity index (χ0) is 33.5. The first-order valence-electron chi connectivity index (χ1n) is 13.6. The molecule has 0 atom stereocenters. The Balaban J connectivity index is 1.43. The van der Waals surface area contributed by atoms with Crippen LogP contribution in [0.15, 0.2) is 93.3 Å². The van der Waals surface area contributed by atoms with Crippen LogP contribution in [0.4, 0.5) is 22.7 Å². The largest absolute Gasteiger partial charge is 0.503 e. The van der Waals surface area contributed by atoms with Crippen LogP contribution in [0.3, 0.4) is 0 Å². The quantitative estimate of drug-likeness (QED) is 0.0937. The highest BCUT2D eigenvalue weighted by Gasteiger charge is 2.14. The van der Waals surface area contributed by atoms with Crippen molar-refractivity contribution in [1.29, 1.82) is 0 Å². The molecule has 47 heavy (non-hydrogen) atoms. The van der Waals surface area contributed by atoms with E-state index in [4.69, 9.17) is 32.7 Å². The lowest BCUT2D eigenvalue weighted by molar-refractivity contribution is 0.146. The van der Waals surface area contributed by atoms with Crippen LogP contribution in [0.1, 0.15) is 28.1 Å². The summed E-state index contributed by atoms with van der Waals surface area (Å²) >= 11 is 11.9. The SMILES string of the molecule is COc1cc(C#Cc2nn(O)c(C#Cc3cc(N=Nc4ccc(Cl)cc4)c(O)c(OC)c3)c2C)cc(N=Nc2ccc(Cl)cc2)c1O. The van der Waals surface area contributed by atoms with Crippen molar-refractivity contribution in [2.75, 3.05) is 14.2 Å². The first-order valence-corrected chi connectivity index (χ1v) is 14.4. The molecule has 3 N–H and O–H groups in total. The van der Waals surface area contributed by atoms with Crippen LogP contribution >= 0.6 is 23.2 Å². The van der Waals surface area contributed by atoms with Gasteiger partial charge in [-0.1, -0.05) is 39.9 Å². The third kappa shape index (κ3) is 7.81. The fraction of sp³-hybridized carbons (Fsp3) is 0.0882. The van der Waals surface area contributed by atoms with Crippen LogP contribution in [0.25, 0.3) is 0 Å². The van der Waals surface area contributed by atoms with Gasteiger partial charge in [-0.15, -0.1) is 15.3 Å². The second kappa shape index (κ2) is 14.4. The van der Waals surface area contributed by atoms with Gasteiger partial charge in [0.15, 0.2) is 28.7 Å². The smallest absolute Gasteiger partial charge is 0.185 e. The number of aromatic hydroxyl groups is 2.